The van der Waals surface area contributed by atoms with Crippen LogP contribution in [0.4, 0.5) is 19.0 Å². The molecule has 31 heavy (non-hydrogen) atoms. The van der Waals surface area contributed by atoms with E-state index in [1.54, 1.807) is 13.8 Å². The zero-order chi connectivity index (χ0) is 22.9. The molecule has 0 spiro atoms. The van der Waals surface area contributed by atoms with Gasteiger partial charge in [0, 0.05) is 18.2 Å². The van der Waals surface area contributed by atoms with Crippen LogP contribution in [0.15, 0.2) is 30.5 Å². The molecule has 1 N–H and O–H groups in total. The summed E-state index contributed by atoms with van der Waals surface area (Å²) in [5, 5.41) is 14.0. The Hall–Kier alpha value is -2.84. The van der Waals surface area contributed by atoms with Crippen molar-refractivity contribution < 1.29 is 27.9 Å². The lowest BCUT2D eigenvalue weighted by Crippen LogP contribution is -2.43. The minimum atomic E-state index is -4.47. The number of aromatic nitrogens is 2. The highest BCUT2D eigenvalue weighted by atomic mass is 19.4. The second-order valence-corrected chi connectivity index (χ2v) is 8.42. The molecule has 1 aliphatic carbocycles. The molecule has 1 aromatic carbocycles. The van der Waals surface area contributed by atoms with Crippen LogP contribution in [0, 0.1) is 11.8 Å². The lowest BCUT2D eigenvalue weighted by atomic mass is 9.82. The van der Waals surface area contributed by atoms with E-state index in [4.69, 9.17) is 0 Å². The van der Waals surface area contributed by atoms with Crippen molar-refractivity contribution in [2.45, 2.75) is 58.7 Å². The average molecular weight is 437 g/mol. The maximum Gasteiger partial charge on any atom is 0.416 e. The SMILES string of the molecule is CC1CCC(C(=O)N(c2nn(-c3ccc(C(F)(F)F)cc3)cc2C(=O)O)C(C)C)CC1. The number of hydrogen-bond donors (Lipinski definition) is 1. The summed E-state index contributed by atoms with van der Waals surface area (Å²) in [5.74, 6) is -1.06. The zero-order valence-corrected chi connectivity index (χ0v) is 17.7. The fraction of sp³-hybridized carbons (Fsp3) is 0.500. The van der Waals surface area contributed by atoms with Crippen molar-refractivity contribution in [3.05, 3.63) is 41.6 Å². The Labute approximate surface area is 178 Å². The van der Waals surface area contributed by atoms with Crippen molar-refractivity contribution in [3.63, 3.8) is 0 Å². The number of amides is 1. The summed E-state index contributed by atoms with van der Waals surface area (Å²) in [5.41, 5.74) is -0.719. The molecule has 1 fully saturated rings. The van der Waals surface area contributed by atoms with Gasteiger partial charge in [-0.2, -0.15) is 13.2 Å². The molecule has 2 aromatic rings. The molecule has 0 unspecified atom stereocenters. The summed E-state index contributed by atoms with van der Waals surface area (Å²) in [6, 6.07) is 3.92. The lowest BCUT2D eigenvalue weighted by Gasteiger charge is -2.32. The van der Waals surface area contributed by atoms with Gasteiger partial charge in [-0.05, 0) is 69.7 Å². The molecule has 3 rings (SSSR count). The first-order chi connectivity index (χ1) is 14.5. The number of nitrogens with zero attached hydrogens (tertiary/aromatic N) is 3. The summed E-state index contributed by atoms with van der Waals surface area (Å²) in [6.45, 7) is 5.72. The minimum Gasteiger partial charge on any atom is -0.477 e. The van der Waals surface area contributed by atoms with Crippen LogP contribution in [0.1, 0.15) is 62.4 Å². The predicted molar refractivity (Wildman–Crippen MR) is 109 cm³/mol. The number of carboxylic acid groups (broad SMARTS) is 1. The van der Waals surface area contributed by atoms with Gasteiger partial charge in [-0.1, -0.05) is 6.92 Å². The van der Waals surface area contributed by atoms with Gasteiger partial charge in [-0.3, -0.25) is 9.69 Å². The van der Waals surface area contributed by atoms with Crippen LogP contribution in [0.25, 0.3) is 5.69 Å². The molecular weight excluding hydrogens is 411 g/mol. The molecule has 1 saturated carbocycles. The molecule has 1 aliphatic rings. The smallest absolute Gasteiger partial charge is 0.416 e. The number of carboxylic acids is 1. The summed E-state index contributed by atoms with van der Waals surface area (Å²) < 4.78 is 39.7. The van der Waals surface area contributed by atoms with Gasteiger partial charge >= 0.3 is 12.1 Å². The molecular formula is C22H26F3N3O3. The van der Waals surface area contributed by atoms with E-state index in [1.165, 1.54) is 27.9 Å². The van der Waals surface area contributed by atoms with Crippen molar-refractivity contribution in [2.24, 2.45) is 11.8 Å². The Bertz CT molecular complexity index is 943. The molecule has 0 radical (unpaired) electrons. The number of carbonyl (C=O) groups excluding carboxylic acids is 1. The maximum absolute atomic E-state index is 13.3. The first kappa shape index (κ1) is 22.8. The number of benzene rings is 1. The molecule has 9 heteroatoms. The number of halogens is 3. The molecule has 1 aromatic heterocycles. The van der Waals surface area contributed by atoms with E-state index < -0.39 is 17.7 Å². The molecule has 168 valence electrons. The Morgan fingerprint density at radius 1 is 1.13 bits per heavy atom. The number of alkyl halides is 3. The molecule has 0 saturated heterocycles. The Balaban J connectivity index is 1.98. The highest BCUT2D eigenvalue weighted by Gasteiger charge is 2.34. The zero-order valence-electron chi connectivity index (χ0n) is 17.7. The summed E-state index contributed by atoms with van der Waals surface area (Å²) >= 11 is 0. The monoisotopic (exact) mass is 437 g/mol. The predicted octanol–water partition coefficient (Wildman–Crippen LogP) is 5.16. The third kappa shape index (κ3) is 4.91. The summed E-state index contributed by atoms with van der Waals surface area (Å²) in [7, 11) is 0. The van der Waals surface area contributed by atoms with E-state index in [0.717, 1.165) is 37.8 Å². The molecule has 0 atom stereocenters. The van der Waals surface area contributed by atoms with E-state index in [9.17, 15) is 27.9 Å². The largest absolute Gasteiger partial charge is 0.477 e. The number of hydrogen-bond acceptors (Lipinski definition) is 3. The second kappa shape index (κ2) is 8.72. The third-order valence-electron chi connectivity index (χ3n) is 5.73. The van der Waals surface area contributed by atoms with Crippen LogP contribution in [0.3, 0.4) is 0 Å². The van der Waals surface area contributed by atoms with Gasteiger partial charge in [0.25, 0.3) is 0 Å². The highest BCUT2D eigenvalue weighted by Crippen LogP contribution is 2.33. The quantitative estimate of drug-likeness (QED) is 0.701. The van der Waals surface area contributed by atoms with Crippen molar-refractivity contribution in [2.75, 3.05) is 4.90 Å². The summed E-state index contributed by atoms with van der Waals surface area (Å²) in [4.78, 5) is 26.6. The van der Waals surface area contributed by atoms with E-state index in [2.05, 4.69) is 12.0 Å². The third-order valence-corrected chi connectivity index (χ3v) is 5.73. The van der Waals surface area contributed by atoms with Crippen LogP contribution < -0.4 is 4.90 Å². The van der Waals surface area contributed by atoms with E-state index in [-0.39, 0.29) is 34.9 Å². The van der Waals surface area contributed by atoms with Gasteiger partial charge in [-0.15, -0.1) is 5.10 Å². The average Bonchev–Trinajstić information content (AvgIpc) is 3.13. The standard InChI is InChI=1S/C22H26F3N3O3/c1-13(2)28(20(29)15-6-4-14(3)5-7-15)19-18(21(30)31)12-27(26-19)17-10-8-16(9-11-17)22(23,24)25/h8-15H,4-7H2,1-3H3,(H,30,31). The van der Waals surface area contributed by atoms with Crippen molar-refractivity contribution in [3.8, 4) is 5.69 Å². The van der Waals surface area contributed by atoms with Gasteiger partial charge < -0.3 is 5.11 Å². The molecule has 0 aliphatic heterocycles. The Morgan fingerprint density at radius 2 is 1.71 bits per heavy atom. The number of aromatic carboxylic acids is 1. The van der Waals surface area contributed by atoms with Crippen LogP contribution in [-0.4, -0.2) is 32.8 Å². The van der Waals surface area contributed by atoms with Crippen molar-refractivity contribution in [1.29, 1.82) is 0 Å². The van der Waals surface area contributed by atoms with Crippen LogP contribution in [0.5, 0.6) is 0 Å². The number of carbonyl (C=O) groups is 2. The second-order valence-electron chi connectivity index (χ2n) is 8.42. The van der Waals surface area contributed by atoms with Crippen LogP contribution in [-0.2, 0) is 11.0 Å². The number of anilines is 1. The Morgan fingerprint density at radius 3 is 2.19 bits per heavy atom. The van der Waals surface area contributed by atoms with Gasteiger partial charge in [0.2, 0.25) is 5.91 Å². The fourth-order valence-corrected chi connectivity index (χ4v) is 3.94. The maximum atomic E-state index is 13.3. The van der Waals surface area contributed by atoms with Crippen LogP contribution in [0.2, 0.25) is 0 Å². The first-order valence-electron chi connectivity index (χ1n) is 10.3. The van der Waals surface area contributed by atoms with E-state index in [1.807, 2.05) is 0 Å². The molecule has 1 heterocycles. The first-order valence-corrected chi connectivity index (χ1v) is 10.3. The van der Waals surface area contributed by atoms with Crippen molar-refractivity contribution in [1.82, 2.24) is 9.78 Å². The molecule has 1 amide bonds. The van der Waals surface area contributed by atoms with E-state index in [0.29, 0.717) is 5.92 Å². The van der Waals surface area contributed by atoms with E-state index >= 15 is 0 Å². The van der Waals surface area contributed by atoms with Gasteiger partial charge in [0.15, 0.2) is 5.82 Å². The van der Waals surface area contributed by atoms with Crippen molar-refractivity contribution >= 4 is 17.7 Å². The normalized spacial score (nSPS) is 19.5. The molecule has 0 bridgehead atoms. The fourth-order valence-electron chi connectivity index (χ4n) is 3.94. The number of rotatable bonds is 5. The van der Waals surface area contributed by atoms with Gasteiger partial charge in [0.05, 0.1) is 11.3 Å². The Kier molecular flexibility index (Phi) is 6.43. The van der Waals surface area contributed by atoms with Gasteiger partial charge in [-0.25, -0.2) is 9.48 Å². The lowest BCUT2D eigenvalue weighted by molar-refractivity contribution is -0.137. The van der Waals surface area contributed by atoms with Crippen LogP contribution >= 0.6 is 0 Å². The highest BCUT2D eigenvalue weighted by molar-refractivity contribution is 6.01. The topological polar surface area (TPSA) is 75.4 Å². The van der Waals surface area contributed by atoms with Gasteiger partial charge in [0.1, 0.15) is 5.56 Å². The minimum absolute atomic E-state index is 0.00557. The summed E-state index contributed by atoms with van der Waals surface area (Å²) in [6.07, 6.45) is 0.114. The molecule has 6 nitrogen and oxygen atoms in total.